The maximum absolute atomic E-state index is 12.5. The van der Waals surface area contributed by atoms with E-state index in [0.717, 1.165) is 44.9 Å². The third-order valence-electron chi connectivity index (χ3n) is 8.68. The molecule has 0 aromatic rings. The number of ketones is 1. The first-order valence-corrected chi connectivity index (χ1v) is 10.1. The molecule has 0 amide bonds. The van der Waals surface area contributed by atoms with E-state index in [-0.39, 0.29) is 34.9 Å². The summed E-state index contributed by atoms with van der Waals surface area (Å²) in [7, 11) is 0. The molecule has 4 saturated carbocycles. The predicted octanol–water partition coefficient (Wildman–Crippen LogP) is 3.50. The van der Waals surface area contributed by atoms with Gasteiger partial charge < -0.3 is 9.84 Å². The zero-order valence-electron chi connectivity index (χ0n) is 15.8. The van der Waals surface area contributed by atoms with Crippen LogP contribution in [0.1, 0.15) is 72.1 Å². The van der Waals surface area contributed by atoms with Gasteiger partial charge in [-0.25, -0.2) is 0 Å². The second kappa shape index (κ2) is 5.80. The molecule has 4 aliphatic carbocycles. The maximum Gasteiger partial charge on any atom is 0.302 e. The molecule has 4 rings (SSSR count). The summed E-state index contributed by atoms with van der Waals surface area (Å²) >= 11 is 0. The Kier molecular flexibility index (Phi) is 4.06. The Balaban J connectivity index is 1.59. The van der Waals surface area contributed by atoms with Crippen molar-refractivity contribution in [1.29, 1.82) is 0 Å². The van der Waals surface area contributed by atoms with Crippen molar-refractivity contribution in [3.63, 3.8) is 0 Å². The standard InChI is InChI=1S/C21H32O4/c1-12(22)25-14-6-8-20(2)13(10-14)11-17(23)19-15-4-5-18(24)21(15,3)9-7-16(19)20/h13-17,19,23H,4-11H2,1-3H3/t13-,14-,15+,16+,17-,19+,20+,21+/m1/s1. The van der Waals surface area contributed by atoms with E-state index in [0.29, 0.717) is 30.0 Å². The number of aliphatic hydroxyl groups excluding tert-OH is 1. The first-order valence-electron chi connectivity index (χ1n) is 10.1. The van der Waals surface area contributed by atoms with Crippen LogP contribution in [-0.4, -0.2) is 29.1 Å². The Morgan fingerprint density at radius 1 is 1.12 bits per heavy atom. The van der Waals surface area contributed by atoms with Crippen LogP contribution in [0.2, 0.25) is 0 Å². The molecule has 0 radical (unpaired) electrons. The van der Waals surface area contributed by atoms with Crippen LogP contribution in [0.4, 0.5) is 0 Å². The van der Waals surface area contributed by atoms with Crippen molar-refractivity contribution >= 4 is 11.8 Å². The summed E-state index contributed by atoms with van der Waals surface area (Å²) in [6.07, 6.45) is 7.11. The second-order valence-corrected chi connectivity index (χ2v) is 9.72. The Morgan fingerprint density at radius 2 is 1.88 bits per heavy atom. The fraction of sp³-hybridized carbons (Fsp3) is 0.905. The summed E-state index contributed by atoms with van der Waals surface area (Å²) < 4.78 is 5.49. The Labute approximate surface area is 150 Å². The van der Waals surface area contributed by atoms with E-state index in [9.17, 15) is 14.7 Å². The summed E-state index contributed by atoms with van der Waals surface area (Å²) in [5, 5.41) is 11.1. The molecule has 0 unspecified atom stereocenters. The van der Waals surface area contributed by atoms with Gasteiger partial charge >= 0.3 is 5.97 Å². The number of fused-ring (bicyclic) bond motifs is 5. The van der Waals surface area contributed by atoms with Gasteiger partial charge in [0.15, 0.2) is 0 Å². The molecule has 4 fully saturated rings. The summed E-state index contributed by atoms with van der Waals surface area (Å²) in [5.74, 6) is 1.79. The van der Waals surface area contributed by atoms with Crippen molar-refractivity contribution in [2.75, 3.05) is 0 Å². The molecule has 0 bridgehead atoms. The van der Waals surface area contributed by atoms with Crippen molar-refractivity contribution < 1.29 is 19.4 Å². The van der Waals surface area contributed by atoms with Crippen molar-refractivity contribution in [2.24, 2.45) is 34.5 Å². The molecule has 4 heteroatoms. The lowest BCUT2D eigenvalue weighted by atomic mass is 9.44. The molecule has 0 heterocycles. The zero-order chi connectivity index (χ0) is 18.0. The average Bonchev–Trinajstić information content (AvgIpc) is 2.84. The normalized spacial score (nSPS) is 52.1. The van der Waals surface area contributed by atoms with Gasteiger partial charge in [0.1, 0.15) is 11.9 Å². The third-order valence-corrected chi connectivity index (χ3v) is 8.68. The van der Waals surface area contributed by atoms with Crippen LogP contribution in [0.15, 0.2) is 0 Å². The molecule has 4 nitrogen and oxygen atoms in total. The van der Waals surface area contributed by atoms with Crippen molar-refractivity contribution in [3.8, 4) is 0 Å². The minimum absolute atomic E-state index is 0.0150. The first-order chi connectivity index (χ1) is 11.8. The highest BCUT2D eigenvalue weighted by molar-refractivity contribution is 5.87. The minimum atomic E-state index is -0.310. The number of hydrogen-bond donors (Lipinski definition) is 1. The monoisotopic (exact) mass is 348 g/mol. The highest BCUT2D eigenvalue weighted by atomic mass is 16.5. The van der Waals surface area contributed by atoms with E-state index in [2.05, 4.69) is 13.8 Å². The summed E-state index contributed by atoms with van der Waals surface area (Å²) in [4.78, 5) is 23.8. The minimum Gasteiger partial charge on any atom is -0.463 e. The topological polar surface area (TPSA) is 63.6 Å². The van der Waals surface area contributed by atoms with E-state index >= 15 is 0 Å². The quantitative estimate of drug-likeness (QED) is 0.737. The molecule has 8 atom stereocenters. The van der Waals surface area contributed by atoms with Crippen molar-refractivity contribution in [2.45, 2.75) is 84.3 Å². The number of esters is 1. The van der Waals surface area contributed by atoms with E-state index in [1.165, 1.54) is 6.92 Å². The summed E-state index contributed by atoms with van der Waals surface area (Å²) in [6.45, 7) is 6.05. The SMILES string of the molecule is CC(=O)O[C@@H]1CC[C@@]2(C)[C@H](C1)C[C@@H](O)[C@@H]1[C@@H]2CC[C@]2(C)C(=O)CC[C@@H]12. The lowest BCUT2D eigenvalue weighted by molar-refractivity contribution is -0.179. The zero-order valence-corrected chi connectivity index (χ0v) is 15.8. The lowest BCUT2D eigenvalue weighted by Crippen LogP contribution is -2.58. The number of rotatable bonds is 1. The van der Waals surface area contributed by atoms with E-state index in [4.69, 9.17) is 4.74 Å². The molecule has 0 aromatic carbocycles. The number of aliphatic hydroxyl groups is 1. The molecule has 0 aromatic heterocycles. The van der Waals surface area contributed by atoms with Crippen molar-refractivity contribution in [1.82, 2.24) is 0 Å². The van der Waals surface area contributed by atoms with E-state index in [1.54, 1.807) is 0 Å². The fourth-order valence-electron chi connectivity index (χ4n) is 7.30. The third kappa shape index (κ3) is 2.50. The van der Waals surface area contributed by atoms with Gasteiger partial charge in [-0.1, -0.05) is 13.8 Å². The van der Waals surface area contributed by atoms with Crippen molar-refractivity contribution in [3.05, 3.63) is 0 Å². The highest BCUT2D eigenvalue weighted by Gasteiger charge is 2.62. The molecule has 0 saturated heterocycles. The van der Waals surface area contributed by atoms with E-state index in [1.807, 2.05) is 0 Å². The van der Waals surface area contributed by atoms with Gasteiger partial charge in [-0.05, 0) is 74.0 Å². The fourth-order valence-corrected chi connectivity index (χ4v) is 7.30. The molecular weight excluding hydrogens is 316 g/mol. The van der Waals surface area contributed by atoms with Gasteiger partial charge in [-0.15, -0.1) is 0 Å². The van der Waals surface area contributed by atoms with Gasteiger partial charge in [0.25, 0.3) is 0 Å². The molecule has 1 N–H and O–H groups in total. The predicted molar refractivity (Wildman–Crippen MR) is 93.7 cm³/mol. The van der Waals surface area contributed by atoms with Gasteiger partial charge in [0, 0.05) is 18.8 Å². The number of carbonyl (C=O) groups is 2. The molecule has 140 valence electrons. The summed E-state index contributed by atoms with van der Waals surface area (Å²) in [5.41, 5.74) is 0.0216. The highest BCUT2D eigenvalue weighted by Crippen LogP contribution is 2.65. The molecule has 0 spiro atoms. The van der Waals surface area contributed by atoms with Crippen LogP contribution < -0.4 is 0 Å². The molecule has 25 heavy (non-hydrogen) atoms. The molecular formula is C21H32O4. The lowest BCUT2D eigenvalue weighted by Gasteiger charge is -2.61. The van der Waals surface area contributed by atoms with Crippen LogP contribution in [-0.2, 0) is 14.3 Å². The largest absolute Gasteiger partial charge is 0.463 e. The molecule has 4 aliphatic rings. The van der Waals surface area contributed by atoms with Crippen LogP contribution in [0.3, 0.4) is 0 Å². The summed E-state index contributed by atoms with van der Waals surface area (Å²) in [6, 6.07) is 0. The van der Waals surface area contributed by atoms with Crippen LogP contribution in [0, 0.1) is 34.5 Å². The molecule has 0 aliphatic heterocycles. The number of hydrogen-bond acceptors (Lipinski definition) is 4. The van der Waals surface area contributed by atoms with Gasteiger partial charge in [0.2, 0.25) is 0 Å². The van der Waals surface area contributed by atoms with Crippen LogP contribution in [0.25, 0.3) is 0 Å². The Morgan fingerprint density at radius 3 is 2.60 bits per heavy atom. The van der Waals surface area contributed by atoms with Gasteiger partial charge in [-0.3, -0.25) is 9.59 Å². The second-order valence-electron chi connectivity index (χ2n) is 9.72. The van der Waals surface area contributed by atoms with Gasteiger partial charge in [-0.2, -0.15) is 0 Å². The Bertz CT molecular complexity index is 586. The Hall–Kier alpha value is -0.900. The first kappa shape index (κ1) is 17.5. The number of ether oxygens (including phenoxy) is 1. The van der Waals surface area contributed by atoms with E-state index < -0.39 is 0 Å². The smallest absolute Gasteiger partial charge is 0.302 e. The number of Topliss-reactive ketones (excluding diaryl/α,β-unsaturated/α-hetero) is 1. The average molecular weight is 348 g/mol. The van der Waals surface area contributed by atoms with Crippen LogP contribution >= 0.6 is 0 Å². The van der Waals surface area contributed by atoms with Gasteiger partial charge in [0.05, 0.1) is 6.10 Å². The van der Waals surface area contributed by atoms with Crippen LogP contribution in [0.5, 0.6) is 0 Å². The maximum atomic E-state index is 12.5. The number of carbonyl (C=O) groups excluding carboxylic acids is 2.